The molecule has 0 bridgehead atoms. The summed E-state index contributed by atoms with van der Waals surface area (Å²) in [6.45, 7) is 11.1. The van der Waals surface area contributed by atoms with Crippen molar-refractivity contribution in [2.45, 2.75) is 46.2 Å². The summed E-state index contributed by atoms with van der Waals surface area (Å²) in [6.07, 6.45) is 9.05. The van der Waals surface area contributed by atoms with E-state index in [0.29, 0.717) is 0 Å². The van der Waals surface area contributed by atoms with Gasteiger partial charge in [0.1, 0.15) is 0 Å². The third-order valence-electron chi connectivity index (χ3n) is 10.9. The number of para-hydroxylation sites is 2. The van der Waals surface area contributed by atoms with Crippen molar-refractivity contribution in [3.05, 3.63) is 155 Å². The Hall–Kier alpha value is -5.60. The van der Waals surface area contributed by atoms with Gasteiger partial charge in [-0.2, -0.15) is 0 Å². The second kappa shape index (κ2) is 11.2. The zero-order valence-electron chi connectivity index (χ0n) is 28.7. The molecule has 2 heteroatoms. The quantitative estimate of drug-likeness (QED) is 0.161. The van der Waals surface area contributed by atoms with Crippen LogP contribution in [0.15, 0.2) is 121 Å². The molecule has 0 amide bonds. The molecule has 0 radical (unpaired) electrons. The minimum absolute atomic E-state index is 0.0832. The van der Waals surface area contributed by atoms with Crippen LogP contribution >= 0.6 is 0 Å². The van der Waals surface area contributed by atoms with Crippen LogP contribution in [0.4, 0.5) is 0 Å². The lowest BCUT2D eigenvalue weighted by Crippen LogP contribution is -2.15. The smallest absolute Gasteiger partial charge is 0.0491 e. The third-order valence-corrected chi connectivity index (χ3v) is 10.9. The predicted molar refractivity (Wildman–Crippen MR) is 212 cm³/mol. The van der Waals surface area contributed by atoms with Gasteiger partial charge in [0.25, 0.3) is 0 Å². The lowest BCUT2D eigenvalue weighted by molar-refractivity contribution is 0.660. The Morgan fingerprint density at radius 2 is 0.796 bits per heavy atom. The van der Waals surface area contributed by atoms with Crippen molar-refractivity contribution in [2.75, 3.05) is 0 Å². The van der Waals surface area contributed by atoms with Crippen LogP contribution in [-0.4, -0.2) is 9.13 Å². The summed E-state index contributed by atoms with van der Waals surface area (Å²) in [5.74, 6) is 0. The highest BCUT2D eigenvalue weighted by molar-refractivity contribution is 6.09. The van der Waals surface area contributed by atoms with Crippen LogP contribution in [0.5, 0.6) is 0 Å². The Balaban J connectivity index is 1.00. The molecule has 8 aromatic rings. The molecule has 1 aliphatic rings. The van der Waals surface area contributed by atoms with E-state index in [2.05, 4.69) is 182 Å². The first-order valence-electron chi connectivity index (χ1n) is 17.6. The summed E-state index contributed by atoms with van der Waals surface area (Å²) in [6, 6.07) is 45.1. The zero-order chi connectivity index (χ0) is 33.3. The summed E-state index contributed by atoms with van der Waals surface area (Å²) < 4.78 is 4.82. The number of rotatable bonds is 6. The molecule has 0 atom stereocenters. The van der Waals surface area contributed by atoms with Crippen molar-refractivity contribution in [1.82, 2.24) is 9.13 Å². The molecule has 0 saturated heterocycles. The van der Waals surface area contributed by atoms with E-state index in [4.69, 9.17) is 0 Å². The van der Waals surface area contributed by atoms with E-state index in [9.17, 15) is 0 Å². The van der Waals surface area contributed by atoms with Crippen molar-refractivity contribution in [2.24, 2.45) is 0 Å². The summed E-state index contributed by atoms with van der Waals surface area (Å²) in [4.78, 5) is 0. The second-order valence-corrected chi connectivity index (χ2v) is 14.0. The highest BCUT2D eigenvalue weighted by atomic mass is 15.0. The van der Waals surface area contributed by atoms with E-state index in [1.807, 2.05) is 0 Å². The van der Waals surface area contributed by atoms with Gasteiger partial charge in [-0.05, 0) is 94.8 Å². The Kier molecular flexibility index (Phi) is 6.78. The van der Waals surface area contributed by atoms with Crippen LogP contribution < -0.4 is 0 Å². The molecule has 2 heterocycles. The fourth-order valence-electron chi connectivity index (χ4n) is 8.40. The standard InChI is InChI=1S/C47H40N2/c1-5-48-43-13-9-7-11-37(43)39-27-31(21-25-45(39)48)15-17-33-19-23-35-36-24-20-34(30-42(36)47(3,4)41(35)29-33)18-16-32-22-26-46-40(28-32)38-12-8-10-14-44(38)49(46)6-2/h7-30H,5-6H2,1-4H3. The average Bonchev–Trinajstić information content (AvgIpc) is 3.71. The van der Waals surface area contributed by atoms with E-state index >= 15 is 0 Å². The van der Waals surface area contributed by atoms with Gasteiger partial charge in [0, 0.05) is 62.1 Å². The van der Waals surface area contributed by atoms with Gasteiger partial charge in [-0.25, -0.2) is 0 Å². The van der Waals surface area contributed by atoms with Gasteiger partial charge in [-0.1, -0.05) is 123 Å². The van der Waals surface area contributed by atoms with Gasteiger partial charge in [0.2, 0.25) is 0 Å². The fourth-order valence-corrected chi connectivity index (χ4v) is 8.40. The minimum Gasteiger partial charge on any atom is -0.341 e. The van der Waals surface area contributed by atoms with Crippen LogP contribution in [0.3, 0.4) is 0 Å². The van der Waals surface area contributed by atoms with Crippen LogP contribution in [-0.2, 0) is 18.5 Å². The summed E-state index contributed by atoms with van der Waals surface area (Å²) in [7, 11) is 0. The van der Waals surface area contributed by atoms with Crippen molar-refractivity contribution >= 4 is 67.9 Å². The summed E-state index contributed by atoms with van der Waals surface area (Å²) in [5.41, 5.74) is 15.5. The molecule has 1 aliphatic carbocycles. The highest BCUT2D eigenvalue weighted by Gasteiger charge is 2.35. The highest BCUT2D eigenvalue weighted by Crippen LogP contribution is 2.49. The van der Waals surface area contributed by atoms with Gasteiger partial charge < -0.3 is 9.13 Å². The molecular weight excluding hydrogens is 593 g/mol. The molecule has 238 valence electrons. The normalized spacial score (nSPS) is 13.9. The number of fused-ring (bicyclic) bond motifs is 9. The van der Waals surface area contributed by atoms with Crippen molar-refractivity contribution in [1.29, 1.82) is 0 Å². The average molecular weight is 633 g/mol. The first-order valence-corrected chi connectivity index (χ1v) is 17.6. The largest absolute Gasteiger partial charge is 0.341 e. The van der Waals surface area contributed by atoms with Gasteiger partial charge in [-0.15, -0.1) is 0 Å². The number of hydrogen-bond donors (Lipinski definition) is 0. The van der Waals surface area contributed by atoms with E-state index in [-0.39, 0.29) is 5.41 Å². The molecule has 0 spiro atoms. The van der Waals surface area contributed by atoms with Gasteiger partial charge in [0.05, 0.1) is 0 Å². The minimum atomic E-state index is -0.0832. The van der Waals surface area contributed by atoms with Crippen LogP contribution in [0.25, 0.3) is 79.0 Å². The summed E-state index contributed by atoms with van der Waals surface area (Å²) in [5, 5.41) is 5.28. The second-order valence-electron chi connectivity index (χ2n) is 14.0. The van der Waals surface area contributed by atoms with Crippen LogP contribution in [0.2, 0.25) is 0 Å². The molecule has 0 fully saturated rings. The molecule has 0 aliphatic heterocycles. The lowest BCUT2D eigenvalue weighted by atomic mass is 9.81. The first kappa shape index (κ1) is 29.5. The topological polar surface area (TPSA) is 9.86 Å². The van der Waals surface area contributed by atoms with Crippen molar-refractivity contribution in [3.8, 4) is 11.1 Å². The van der Waals surface area contributed by atoms with Crippen molar-refractivity contribution in [3.63, 3.8) is 0 Å². The Morgan fingerprint density at radius 1 is 0.429 bits per heavy atom. The molecule has 49 heavy (non-hydrogen) atoms. The molecule has 0 unspecified atom stereocenters. The van der Waals surface area contributed by atoms with Crippen LogP contribution in [0.1, 0.15) is 61.1 Å². The zero-order valence-corrected chi connectivity index (χ0v) is 28.7. The van der Waals surface area contributed by atoms with Gasteiger partial charge in [-0.3, -0.25) is 0 Å². The maximum Gasteiger partial charge on any atom is 0.0491 e. The maximum absolute atomic E-state index is 2.41. The number of nitrogens with zero attached hydrogens (tertiary/aromatic N) is 2. The number of benzene rings is 6. The van der Waals surface area contributed by atoms with Gasteiger partial charge >= 0.3 is 0 Å². The van der Waals surface area contributed by atoms with E-state index in [0.717, 1.165) is 13.1 Å². The number of aryl methyl sites for hydroxylation is 2. The molecule has 2 nitrogen and oxygen atoms in total. The van der Waals surface area contributed by atoms with E-state index < -0.39 is 0 Å². The Morgan fingerprint density at radius 3 is 1.22 bits per heavy atom. The fraction of sp³-hybridized carbons (Fsp3) is 0.149. The van der Waals surface area contributed by atoms with Gasteiger partial charge in [0.15, 0.2) is 0 Å². The van der Waals surface area contributed by atoms with Crippen LogP contribution in [0, 0.1) is 0 Å². The van der Waals surface area contributed by atoms with Crippen molar-refractivity contribution < 1.29 is 0 Å². The maximum atomic E-state index is 2.41. The third kappa shape index (κ3) is 4.62. The Labute approximate surface area is 288 Å². The molecule has 6 aromatic carbocycles. The number of hydrogen-bond acceptors (Lipinski definition) is 0. The SMILES string of the molecule is CCn1c2ccccc2c2cc(C=Cc3ccc4c(c3)C(C)(C)c3cc(C=Cc5ccc6c(c5)c5ccccc5n6CC)ccc3-4)ccc21. The summed E-state index contributed by atoms with van der Waals surface area (Å²) >= 11 is 0. The molecule has 0 saturated carbocycles. The monoisotopic (exact) mass is 632 g/mol. The number of aromatic nitrogens is 2. The molecule has 2 aromatic heterocycles. The lowest BCUT2D eigenvalue weighted by Gasteiger charge is -2.22. The molecular formula is C47H40N2. The Bertz CT molecular complexity index is 2470. The van der Waals surface area contributed by atoms with E-state index in [1.165, 1.54) is 88.1 Å². The molecule has 9 rings (SSSR count). The van der Waals surface area contributed by atoms with E-state index in [1.54, 1.807) is 0 Å². The predicted octanol–water partition coefficient (Wildman–Crippen LogP) is 12.6. The first-order chi connectivity index (χ1) is 23.9. The molecule has 0 N–H and O–H groups in total.